The Kier molecular flexibility index (Phi) is 5.35. The Morgan fingerprint density at radius 1 is 1.25 bits per heavy atom. The summed E-state index contributed by atoms with van der Waals surface area (Å²) in [5.41, 5.74) is 6.48. The number of carbonyl (C=O) groups is 2. The highest BCUT2D eigenvalue weighted by atomic mass is 16.5. The molecule has 0 radical (unpaired) electrons. The summed E-state index contributed by atoms with van der Waals surface area (Å²) in [6.07, 6.45) is 2.72. The number of likely N-dealkylation sites (tertiary alicyclic amines) is 1. The van der Waals surface area contributed by atoms with Crippen LogP contribution >= 0.6 is 0 Å². The summed E-state index contributed by atoms with van der Waals surface area (Å²) in [5, 5.41) is 3.01. The number of amides is 3. The van der Waals surface area contributed by atoms with E-state index in [1.807, 2.05) is 18.2 Å². The number of nitrogens with zero attached hydrogens (tertiary/aromatic N) is 1. The molecule has 2 aliphatic heterocycles. The third kappa shape index (κ3) is 3.87. The van der Waals surface area contributed by atoms with Crippen LogP contribution in [0.2, 0.25) is 0 Å². The molecule has 3 N–H and O–H groups in total. The van der Waals surface area contributed by atoms with Gasteiger partial charge in [-0.1, -0.05) is 30.3 Å². The molecule has 3 rings (SSSR count). The van der Waals surface area contributed by atoms with Crippen LogP contribution in [0.1, 0.15) is 30.9 Å². The maximum Gasteiger partial charge on any atom is 0.317 e. The molecule has 2 heterocycles. The quantitative estimate of drug-likeness (QED) is 0.880. The molecule has 0 bridgehead atoms. The number of hydrogen-bond donors (Lipinski definition) is 2. The fourth-order valence-corrected chi connectivity index (χ4v) is 3.57. The fraction of sp³-hybridized carbons (Fsp3) is 0.556. The van der Waals surface area contributed by atoms with Crippen LogP contribution < -0.4 is 11.1 Å². The molecular weight excluding hydrogens is 306 g/mol. The van der Waals surface area contributed by atoms with E-state index >= 15 is 0 Å². The molecule has 0 aromatic heterocycles. The highest BCUT2D eigenvalue weighted by molar-refractivity contribution is 5.80. The van der Waals surface area contributed by atoms with Gasteiger partial charge in [0.15, 0.2) is 0 Å². The van der Waals surface area contributed by atoms with Crippen molar-refractivity contribution in [3.05, 3.63) is 35.9 Å². The lowest BCUT2D eigenvalue weighted by atomic mass is 9.89. The second-order valence-electron chi connectivity index (χ2n) is 6.62. The van der Waals surface area contributed by atoms with Crippen LogP contribution in [0.5, 0.6) is 0 Å². The molecule has 6 nitrogen and oxygen atoms in total. The Balaban J connectivity index is 1.54. The van der Waals surface area contributed by atoms with E-state index in [0.29, 0.717) is 26.1 Å². The van der Waals surface area contributed by atoms with E-state index in [1.165, 1.54) is 0 Å². The van der Waals surface area contributed by atoms with Crippen molar-refractivity contribution in [3.8, 4) is 0 Å². The Morgan fingerprint density at radius 3 is 2.75 bits per heavy atom. The minimum Gasteiger partial charge on any atom is -0.373 e. The number of carbonyl (C=O) groups excluding carboxylic acids is 2. The third-order valence-electron chi connectivity index (χ3n) is 4.97. The molecule has 3 atom stereocenters. The number of urea groups is 1. The van der Waals surface area contributed by atoms with E-state index in [0.717, 1.165) is 25.0 Å². The number of benzene rings is 1. The lowest BCUT2D eigenvalue weighted by molar-refractivity contribution is -0.121. The molecule has 1 aromatic carbocycles. The topological polar surface area (TPSA) is 84.7 Å². The van der Waals surface area contributed by atoms with Gasteiger partial charge < -0.3 is 20.7 Å². The van der Waals surface area contributed by atoms with E-state index in [2.05, 4.69) is 17.4 Å². The largest absolute Gasteiger partial charge is 0.373 e. The van der Waals surface area contributed by atoms with Gasteiger partial charge in [-0.3, -0.25) is 4.79 Å². The zero-order chi connectivity index (χ0) is 16.9. The summed E-state index contributed by atoms with van der Waals surface area (Å²) >= 11 is 0. The van der Waals surface area contributed by atoms with Crippen molar-refractivity contribution >= 4 is 11.9 Å². The number of rotatable bonds is 4. The highest BCUT2D eigenvalue weighted by Gasteiger charge is 2.31. The van der Waals surface area contributed by atoms with Crippen LogP contribution in [0, 0.1) is 11.8 Å². The number of nitrogens with one attached hydrogen (secondary N) is 1. The molecule has 2 saturated heterocycles. The molecule has 0 saturated carbocycles. The van der Waals surface area contributed by atoms with Gasteiger partial charge in [-0.2, -0.15) is 0 Å². The maximum absolute atomic E-state index is 12.3. The molecule has 0 spiro atoms. The normalized spacial score (nSPS) is 27.0. The van der Waals surface area contributed by atoms with Crippen molar-refractivity contribution in [2.24, 2.45) is 17.6 Å². The molecule has 2 aliphatic rings. The molecular formula is C18H25N3O3. The van der Waals surface area contributed by atoms with Gasteiger partial charge in [0.05, 0.1) is 12.0 Å². The average Bonchev–Trinajstić information content (AvgIpc) is 3.11. The second-order valence-corrected chi connectivity index (χ2v) is 6.62. The van der Waals surface area contributed by atoms with Crippen LogP contribution in [-0.2, 0) is 9.53 Å². The molecule has 24 heavy (non-hydrogen) atoms. The molecule has 6 heteroatoms. The van der Waals surface area contributed by atoms with Crippen LogP contribution in [0.15, 0.2) is 30.3 Å². The monoisotopic (exact) mass is 331 g/mol. The van der Waals surface area contributed by atoms with Crippen LogP contribution in [0.25, 0.3) is 0 Å². The minimum atomic E-state index is -0.324. The molecule has 0 aliphatic carbocycles. The van der Waals surface area contributed by atoms with E-state index in [9.17, 15) is 9.59 Å². The number of hydrogen-bond acceptors (Lipinski definition) is 3. The van der Waals surface area contributed by atoms with Crippen molar-refractivity contribution in [2.75, 3.05) is 26.2 Å². The second kappa shape index (κ2) is 7.66. The first kappa shape index (κ1) is 16.8. The van der Waals surface area contributed by atoms with E-state index in [4.69, 9.17) is 10.5 Å². The average molecular weight is 331 g/mol. The van der Waals surface area contributed by atoms with Crippen LogP contribution in [0.4, 0.5) is 4.79 Å². The molecule has 130 valence electrons. The molecule has 2 fully saturated rings. The Bertz CT molecular complexity index is 578. The van der Waals surface area contributed by atoms with Crippen LogP contribution in [-0.4, -0.2) is 43.1 Å². The highest BCUT2D eigenvalue weighted by Crippen LogP contribution is 2.33. The lowest BCUT2D eigenvalue weighted by Gasteiger charge is -2.32. The van der Waals surface area contributed by atoms with E-state index in [-0.39, 0.29) is 29.9 Å². The summed E-state index contributed by atoms with van der Waals surface area (Å²) in [6, 6.07) is 10.0. The van der Waals surface area contributed by atoms with Gasteiger partial charge in [0.1, 0.15) is 0 Å². The minimum absolute atomic E-state index is 0.0252. The molecule has 1 aromatic rings. The van der Waals surface area contributed by atoms with Gasteiger partial charge in [-0.05, 0) is 24.8 Å². The van der Waals surface area contributed by atoms with Crippen molar-refractivity contribution in [2.45, 2.75) is 25.4 Å². The smallest absolute Gasteiger partial charge is 0.317 e. The summed E-state index contributed by atoms with van der Waals surface area (Å²) in [6.45, 7) is 2.35. The fourth-order valence-electron chi connectivity index (χ4n) is 3.57. The number of primary amides is 1. The number of ether oxygens (including phenoxy) is 1. The van der Waals surface area contributed by atoms with Gasteiger partial charge in [0.2, 0.25) is 5.91 Å². The first-order chi connectivity index (χ1) is 11.6. The van der Waals surface area contributed by atoms with E-state index < -0.39 is 0 Å². The zero-order valence-electron chi connectivity index (χ0n) is 13.8. The third-order valence-corrected chi connectivity index (χ3v) is 4.97. The standard InChI is InChI=1S/C18H25N3O3/c19-17(22)15-8-9-21(12-15)18(23)20-11-14-7-4-10-24-16(14)13-5-2-1-3-6-13/h1-3,5-6,14-16H,4,7-12H2,(H2,19,22)(H,20,23)/t14-,15+,16-/m0/s1. The molecule has 0 unspecified atom stereocenters. The van der Waals surface area contributed by atoms with Crippen LogP contribution in [0.3, 0.4) is 0 Å². The van der Waals surface area contributed by atoms with E-state index in [1.54, 1.807) is 4.90 Å². The number of nitrogens with two attached hydrogens (primary N) is 1. The van der Waals surface area contributed by atoms with Gasteiger partial charge in [-0.25, -0.2) is 4.79 Å². The summed E-state index contributed by atoms with van der Waals surface area (Å²) in [5.74, 6) is -0.277. The van der Waals surface area contributed by atoms with Gasteiger partial charge in [-0.15, -0.1) is 0 Å². The Hall–Kier alpha value is -2.08. The first-order valence-electron chi connectivity index (χ1n) is 8.64. The lowest BCUT2D eigenvalue weighted by Crippen LogP contribution is -2.43. The van der Waals surface area contributed by atoms with Crippen molar-refractivity contribution in [1.82, 2.24) is 10.2 Å². The zero-order valence-corrected chi connectivity index (χ0v) is 13.8. The van der Waals surface area contributed by atoms with Crippen molar-refractivity contribution in [3.63, 3.8) is 0 Å². The molecule has 3 amide bonds. The predicted octanol–water partition coefficient (Wildman–Crippen LogP) is 1.67. The maximum atomic E-state index is 12.3. The van der Waals surface area contributed by atoms with Gasteiger partial charge in [0, 0.05) is 32.2 Å². The summed E-state index contributed by atoms with van der Waals surface area (Å²) in [4.78, 5) is 25.2. The Labute approximate surface area is 142 Å². The SMILES string of the molecule is NC(=O)[C@@H]1CCN(C(=O)NC[C@@H]2CCCO[C@H]2c2ccccc2)C1. The van der Waals surface area contributed by atoms with Crippen molar-refractivity contribution < 1.29 is 14.3 Å². The summed E-state index contributed by atoms with van der Waals surface area (Å²) < 4.78 is 5.96. The summed E-state index contributed by atoms with van der Waals surface area (Å²) in [7, 11) is 0. The van der Waals surface area contributed by atoms with Gasteiger partial charge >= 0.3 is 6.03 Å². The predicted molar refractivity (Wildman–Crippen MR) is 90.1 cm³/mol. The van der Waals surface area contributed by atoms with Gasteiger partial charge in [0.25, 0.3) is 0 Å². The Morgan fingerprint density at radius 2 is 2.04 bits per heavy atom. The first-order valence-corrected chi connectivity index (χ1v) is 8.64. The van der Waals surface area contributed by atoms with Crippen molar-refractivity contribution in [1.29, 1.82) is 0 Å².